The first kappa shape index (κ1) is 96.3. The molecule has 10 N–H and O–H groups in total. The molecule has 3 aliphatic heterocycles. The number of esters is 3. The van der Waals surface area contributed by atoms with Crippen LogP contribution in [0.4, 0.5) is 25.1 Å². The summed E-state index contributed by atoms with van der Waals surface area (Å²) in [5.41, 5.74) is 9.30. The van der Waals surface area contributed by atoms with Gasteiger partial charge in [-0.1, -0.05) is 75.4 Å². The van der Waals surface area contributed by atoms with Gasteiger partial charge in [-0.05, 0) is 106 Å². The van der Waals surface area contributed by atoms with Crippen molar-refractivity contribution in [2.24, 2.45) is 17.8 Å². The van der Waals surface area contributed by atoms with Crippen LogP contribution in [0.1, 0.15) is 108 Å². The van der Waals surface area contributed by atoms with E-state index < -0.39 is 196 Å². The molecule has 0 aliphatic carbocycles. The maximum Gasteiger partial charge on any atom is 0.380 e. The summed E-state index contributed by atoms with van der Waals surface area (Å²) < 4.78 is 158. The van der Waals surface area contributed by atoms with E-state index in [1.54, 1.807) is 139 Å². The third-order valence-corrected chi connectivity index (χ3v) is 27.4. The molecule has 672 valence electrons. The molecule has 9 heterocycles. The van der Waals surface area contributed by atoms with Crippen LogP contribution in [-0.2, 0) is 70.1 Å². The van der Waals surface area contributed by atoms with Gasteiger partial charge in [-0.15, -0.1) is 34.8 Å². The largest absolute Gasteiger partial charge is 0.463 e. The van der Waals surface area contributed by atoms with Gasteiger partial charge < -0.3 is 73.8 Å². The van der Waals surface area contributed by atoms with Crippen molar-refractivity contribution >= 4 is 121 Å². The van der Waals surface area contributed by atoms with E-state index in [0.717, 1.165) is 12.7 Å². The van der Waals surface area contributed by atoms with Crippen LogP contribution >= 0.6 is 57.6 Å². The number of benzene rings is 3. The molecule has 0 amide bonds. The number of alkyl halides is 6. The second kappa shape index (κ2) is 39.8. The van der Waals surface area contributed by atoms with Crippen LogP contribution in [0.2, 0.25) is 0 Å². The number of nitrogens with two attached hydrogens (primary N) is 2. The predicted molar refractivity (Wildman–Crippen MR) is 443 cm³/mol. The summed E-state index contributed by atoms with van der Waals surface area (Å²) in [6.45, 7) is 16.8. The fourth-order valence-electron chi connectivity index (χ4n) is 13.6. The second-order valence-electron chi connectivity index (χ2n) is 30.6. The lowest BCUT2D eigenvalue weighted by molar-refractivity contribution is -0.152. The van der Waals surface area contributed by atoms with Gasteiger partial charge in [-0.25, -0.2) is 46.8 Å². The highest BCUT2D eigenvalue weighted by atomic mass is 35.5. The molecule has 0 radical (unpaired) electrons. The molecule has 3 fully saturated rings. The number of halogens is 6. The Morgan fingerprint density at radius 1 is 0.455 bits per heavy atom. The minimum atomic E-state index is -4.13. The van der Waals surface area contributed by atoms with Gasteiger partial charge in [0.25, 0.3) is 16.7 Å². The number of nitrogens with zero attached hydrogens (tertiary/aromatic N) is 9. The Labute approximate surface area is 716 Å². The Balaban J connectivity index is 0.000000193. The first-order valence-corrected chi connectivity index (χ1v) is 45.0. The summed E-state index contributed by atoms with van der Waals surface area (Å²) in [7, 11) is -12.4. The number of aliphatic hydroxyl groups is 3. The standard InChI is InChI=1S/C26H33ClFN4O8P.2C25H32ClFN5O8P/c1-14(2)37-24(35)15(3)11-41(36,40-18-9-7-6-8-10-18)39-16(4)20-21(33)26(27,12-28)25(38-20)32-13-29-19-22(32)30-17(5)31-23(19)34;2*1-13(2)37-22(35)14(3)10-41(36,40-16-8-6-5-7-9-16)39-15(4)18-19(33)25(26,11-27)23(38-18)32-12-29-17-20(32)30-24(28)31-21(17)34/h6-10,13-16,20-21,25,33H,11-12H2,1-5H3,(H,30,31,34);2*5-9,12-15,18-19,23,33H,10-11H2,1-4H3,(H3,28,30,31,34)/t15-,16+,20-,21+,25-,26?,41-;14-,15+,18-,19+,23-,25?,41?;14-,15+,18-,19+,23-,25?,41+/m111/s1. The topological polar surface area (TPSA) is 517 Å². The molecule has 21 atom stereocenters. The zero-order valence-electron chi connectivity index (χ0n) is 68.7. The summed E-state index contributed by atoms with van der Waals surface area (Å²) in [4.78, 5) is 99.7. The summed E-state index contributed by atoms with van der Waals surface area (Å²) in [5, 5.41) is 33.5. The zero-order chi connectivity index (χ0) is 90.3. The van der Waals surface area contributed by atoms with Crippen molar-refractivity contribution in [3.63, 3.8) is 0 Å². The first-order valence-electron chi connectivity index (χ1n) is 38.6. The van der Waals surface area contributed by atoms with Gasteiger partial charge in [0.15, 0.2) is 52.2 Å². The number of aromatic nitrogens is 12. The molecule has 12 rings (SSSR count). The number of imidazole rings is 3. The van der Waals surface area contributed by atoms with Gasteiger partial charge in [0.2, 0.25) is 11.9 Å². The Morgan fingerprint density at radius 3 is 0.959 bits per heavy atom. The monoisotopic (exact) mass is 1840 g/mol. The lowest BCUT2D eigenvalue weighted by Gasteiger charge is -2.29. The normalized spacial score (nSPS) is 25.6. The van der Waals surface area contributed by atoms with Crippen molar-refractivity contribution < 1.29 is 112 Å². The van der Waals surface area contributed by atoms with Crippen molar-refractivity contribution in [2.75, 3.05) is 50.0 Å². The Kier molecular flexibility index (Phi) is 31.1. The molecule has 0 spiro atoms. The molecular formula is C76H97Cl3F3N14O24P3. The highest BCUT2D eigenvalue weighted by molar-refractivity contribution is 7.55. The van der Waals surface area contributed by atoms with Gasteiger partial charge in [0, 0.05) is 0 Å². The van der Waals surface area contributed by atoms with Crippen LogP contribution in [0.5, 0.6) is 17.2 Å². The number of aryl methyl sites for hydroxylation is 1. The summed E-state index contributed by atoms with van der Waals surface area (Å²) in [6.07, 6.45) is -15.5. The molecule has 38 nitrogen and oxygen atoms in total. The molecule has 0 bridgehead atoms. The number of hydrogen-bond donors (Lipinski definition) is 8. The molecule has 0 saturated carbocycles. The molecule has 47 heteroatoms. The van der Waals surface area contributed by atoms with Gasteiger partial charge in [0.1, 0.15) is 94.3 Å². The minimum absolute atomic E-state index is 0.0256. The fourth-order valence-corrected chi connectivity index (χ4v) is 20.7. The van der Waals surface area contributed by atoms with E-state index >= 15 is 0 Å². The van der Waals surface area contributed by atoms with Crippen LogP contribution in [0, 0.1) is 24.7 Å². The van der Waals surface area contributed by atoms with E-state index in [1.165, 1.54) is 61.6 Å². The van der Waals surface area contributed by atoms with Gasteiger partial charge >= 0.3 is 40.7 Å². The van der Waals surface area contributed by atoms with E-state index in [9.17, 15) is 71.0 Å². The van der Waals surface area contributed by atoms with Crippen LogP contribution in [0.15, 0.2) is 124 Å². The van der Waals surface area contributed by atoms with Crippen molar-refractivity contribution in [1.82, 2.24) is 58.6 Å². The Morgan fingerprint density at radius 2 is 0.707 bits per heavy atom. The number of fused-ring (bicyclic) bond motifs is 3. The minimum Gasteiger partial charge on any atom is -0.463 e. The second-order valence-corrected chi connectivity index (χ2v) is 38.6. The summed E-state index contributed by atoms with van der Waals surface area (Å²) >= 11 is 19.8. The van der Waals surface area contributed by atoms with Crippen molar-refractivity contribution in [3.8, 4) is 17.2 Å². The number of carbonyl (C=O) groups is 3. The molecule has 3 aromatic carbocycles. The average molecular weight is 1850 g/mol. The number of para-hydroxylation sites is 3. The Hall–Kier alpha value is -8.89. The Bertz CT molecular complexity index is 4990. The number of rotatable bonds is 33. The third-order valence-electron chi connectivity index (χ3n) is 19.4. The third kappa shape index (κ3) is 22.0. The number of anilines is 2. The highest BCUT2D eigenvalue weighted by Crippen LogP contribution is 2.58. The van der Waals surface area contributed by atoms with Crippen LogP contribution in [0.25, 0.3) is 33.5 Å². The smallest absolute Gasteiger partial charge is 0.380 e. The van der Waals surface area contributed by atoms with E-state index in [1.807, 2.05) is 0 Å². The number of H-pyrrole nitrogens is 3. The molecule has 123 heavy (non-hydrogen) atoms. The lowest BCUT2D eigenvalue weighted by atomic mass is 9.97. The highest BCUT2D eigenvalue weighted by Gasteiger charge is 2.62. The lowest BCUT2D eigenvalue weighted by Crippen LogP contribution is -2.46. The number of aliphatic hydroxyl groups excluding tert-OH is 3. The maximum atomic E-state index is 14.5. The van der Waals surface area contributed by atoms with E-state index in [-0.39, 0.29) is 93.1 Å². The van der Waals surface area contributed by atoms with Crippen molar-refractivity contribution in [3.05, 3.63) is 147 Å². The predicted octanol–water partition coefficient (Wildman–Crippen LogP) is 10.2. The van der Waals surface area contributed by atoms with Gasteiger partial charge in [-0.2, -0.15) is 9.97 Å². The fraction of sp³-hybridized carbons (Fsp3) is 0.526. The van der Waals surface area contributed by atoms with Gasteiger partial charge in [-0.3, -0.25) is 66.0 Å². The SMILES string of the molecule is CC(C)OC(=O)[C@H](C)CP(=O)(Oc1ccccc1)O[C@@H](C)[C@H]1O[C@@H](n2cnc3c(=O)[nH]c(N)nc32)C(Cl)(CF)[C@H]1O.CC(C)OC(=O)[C@H](C)C[P@@](=O)(Oc1ccccc1)O[C@@H](C)[C@H]1O[C@@H](n2cnc3c(=O)[nH]c(N)nc32)C(Cl)(CF)[C@H]1O.Cc1nc2c(ncn2[C@@H]2O[C@H]([C@H](C)O[P@](=O)(C[C@@H](C)C(=O)OC(C)C)Oc3ccccc3)[C@H](O)C2(Cl)CF)c(=O)[nH]1. The van der Waals surface area contributed by atoms with Crippen LogP contribution < -0.4 is 41.7 Å². The average Bonchev–Trinajstić information content (AvgIpc) is 1.59. The molecule has 4 unspecified atom stereocenters. The van der Waals surface area contributed by atoms with E-state index in [2.05, 4.69) is 44.9 Å². The molecule has 6 aromatic heterocycles. The summed E-state index contributed by atoms with van der Waals surface area (Å²) in [6, 6.07) is 24.6. The molecule has 3 saturated heterocycles. The molecular weight excluding hydrogens is 1750 g/mol. The van der Waals surface area contributed by atoms with E-state index in [4.69, 9.17) is 102 Å². The maximum absolute atomic E-state index is 14.5. The first-order chi connectivity index (χ1) is 57.8. The number of hydrogen-bond acceptors (Lipinski definition) is 32. The molecule has 9 aromatic rings. The number of carbonyl (C=O) groups excluding carboxylic acids is 3. The van der Waals surface area contributed by atoms with Crippen molar-refractivity contribution in [1.29, 1.82) is 0 Å². The van der Waals surface area contributed by atoms with Crippen LogP contribution in [0.3, 0.4) is 0 Å². The number of ether oxygens (including phenoxy) is 6. The number of nitrogen functional groups attached to an aromatic ring is 2. The number of aromatic amines is 3. The van der Waals surface area contributed by atoms with Gasteiger partial charge in [0.05, 0.1) is 91.8 Å². The zero-order valence-corrected chi connectivity index (χ0v) is 73.7. The van der Waals surface area contributed by atoms with Crippen molar-refractivity contribution in [2.45, 2.75) is 197 Å². The quantitative estimate of drug-likeness (QED) is 0.00820. The number of nitrogens with one attached hydrogen (secondary N) is 3. The van der Waals surface area contributed by atoms with Crippen LogP contribution in [-0.4, -0.2) is 218 Å². The van der Waals surface area contributed by atoms with E-state index in [0.29, 0.717) is 0 Å². The molecule has 3 aliphatic rings. The summed E-state index contributed by atoms with van der Waals surface area (Å²) in [5.74, 6) is -3.94.